The molecule has 6 nitrogen and oxygen atoms in total. The molecule has 0 saturated heterocycles. The predicted octanol–water partition coefficient (Wildman–Crippen LogP) is 3.00. The molecule has 2 aliphatic rings. The molecule has 1 atom stereocenters. The van der Waals surface area contributed by atoms with Crippen molar-refractivity contribution < 1.29 is 14.3 Å². The van der Waals surface area contributed by atoms with Crippen LogP contribution in [0, 0.1) is 6.92 Å². The van der Waals surface area contributed by atoms with Crippen LogP contribution in [-0.2, 0) is 4.79 Å². The van der Waals surface area contributed by atoms with Crippen LogP contribution in [0.25, 0.3) is 0 Å². The van der Waals surface area contributed by atoms with Crippen LogP contribution >= 0.6 is 0 Å². The summed E-state index contributed by atoms with van der Waals surface area (Å²) in [5, 5.41) is 2.94. The molecule has 27 heavy (non-hydrogen) atoms. The van der Waals surface area contributed by atoms with Crippen molar-refractivity contribution in [1.29, 1.82) is 0 Å². The van der Waals surface area contributed by atoms with E-state index in [-0.39, 0.29) is 11.9 Å². The number of nitrogens with zero attached hydrogens (tertiary/aromatic N) is 2. The fourth-order valence-corrected chi connectivity index (χ4v) is 3.55. The van der Waals surface area contributed by atoms with Gasteiger partial charge in [-0.3, -0.25) is 9.69 Å². The van der Waals surface area contributed by atoms with Gasteiger partial charge < -0.3 is 15.0 Å². The highest BCUT2D eigenvalue weighted by molar-refractivity contribution is 6.11. The molecule has 2 heterocycles. The van der Waals surface area contributed by atoms with Crippen LogP contribution in [0.1, 0.15) is 17.2 Å². The van der Waals surface area contributed by atoms with Gasteiger partial charge in [0.05, 0.1) is 31.0 Å². The van der Waals surface area contributed by atoms with Gasteiger partial charge in [0.25, 0.3) is 5.91 Å². The smallest absolute Gasteiger partial charge is 0.322 e. The van der Waals surface area contributed by atoms with Gasteiger partial charge in [0.1, 0.15) is 5.75 Å². The maximum atomic E-state index is 13.2. The van der Waals surface area contributed by atoms with Crippen LogP contribution in [0.3, 0.4) is 0 Å². The van der Waals surface area contributed by atoms with Gasteiger partial charge in [0.15, 0.2) is 0 Å². The van der Waals surface area contributed by atoms with Crippen LogP contribution in [0.15, 0.2) is 59.8 Å². The Morgan fingerprint density at radius 3 is 2.33 bits per heavy atom. The fourth-order valence-electron chi connectivity index (χ4n) is 3.55. The summed E-state index contributed by atoms with van der Waals surface area (Å²) in [6.07, 6.45) is 0. The topological polar surface area (TPSA) is 61.9 Å². The molecule has 2 aromatic rings. The minimum absolute atomic E-state index is 0.0819. The number of aryl methyl sites for hydroxylation is 1. The first-order chi connectivity index (χ1) is 13.0. The number of methoxy groups -OCH3 is 1. The van der Waals surface area contributed by atoms with Gasteiger partial charge in [-0.15, -0.1) is 0 Å². The van der Waals surface area contributed by atoms with E-state index in [9.17, 15) is 9.59 Å². The number of likely N-dealkylation sites (N-methyl/N-ethyl adjacent to an activating group) is 1. The van der Waals surface area contributed by atoms with Gasteiger partial charge in [-0.2, -0.15) is 0 Å². The molecule has 3 amide bonds. The number of hydrogen-bond acceptors (Lipinski definition) is 3. The maximum absolute atomic E-state index is 13.2. The van der Waals surface area contributed by atoms with Crippen molar-refractivity contribution in [3.8, 4) is 5.75 Å². The minimum Gasteiger partial charge on any atom is -0.497 e. The van der Waals surface area contributed by atoms with E-state index in [4.69, 9.17) is 4.74 Å². The molecule has 0 bridgehead atoms. The van der Waals surface area contributed by atoms with Gasteiger partial charge in [0.2, 0.25) is 0 Å². The quantitative estimate of drug-likeness (QED) is 0.912. The lowest BCUT2D eigenvalue weighted by Gasteiger charge is -2.31. The highest BCUT2D eigenvalue weighted by Crippen LogP contribution is 2.37. The zero-order valence-electron chi connectivity index (χ0n) is 15.5. The van der Waals surface area contributed by atoms with Crippen molar-refractivity contribution in [3.63, 3.8) is 0 Å². The molecule has 0 spiro atoms. The number of rotatable bonds is 3. The molecule has 6 heteroatoms. The second-order valence-electron chi connectivity index (χ2n) is 6.80. The van der Waals surface area contributed by atoms with Crippen molar-refractivity contribution in [2.75, 3.05) is 25.6 Å². The van der Waals surface area contributed by atoms with E-state index < -0.39 is 6.04 Å². The molecule has 0 aliphatic carbocycles. The average molecular weight is 363 g/mol. The number of ether oxygens (including phenoxy) is 1. The minimum atomic E-state index is -0.474. The normalized spacial score (nSPS) is 19.3. The standard InChI is InChI=1S/C21H21N3O3/c1-13-4-8-15(9-5-13)24-12-17-18(20(24)25)19(22-21(26)23(17)2)14-6-10-16(27-3)11-7-14/h4-11,19H,12H2,1-3H3,(H,22,26)/t19-/m1/s1. The summed E-state index contributed by atoms with van der Waals surface area (Å²) in [4.78, 5) is 29.0. The van der Waals surface area contributed by atoms with E-state index in [2.05, 4.69) is 5.32 Å². The number of anilines is 1. The summed E-state index contributed by atoms with van der Waals surface area (Å²) >= 11 is 0. The molecule has 0 unspecified atom stereocenters. The van der Waals surface area contributed by atoms with Crippen LogP contribution in [0.2, 0.25) is 0 Å². The van der Waals surface area contributed by atoms with Gasteiger partial charge >= 0.3 is 6.03 Å². The lowest BCUT2D eigenvalue weighted by molar-refractivity contribution is -0.114. The van der Waals surface area contributed by atoms with Crippen molar-refractivity contribution >= 4 is 17.6 Å². The number of amides is 3. The lowest BCUT2D eigenvalue weighted by Crippen LogP contribution is -2.45. The van der Waals surface area contributed by atoms with Crippen molar-refractivity contribution in [2.45, 2.75) is 13.0 Å². The summed E-state index contributed by atoms with van der Waals surface area (Å²) in [7, 11) is 3.30. The Kier molecular flexibility index (Phi) is 4.11. The van der Waals surface area contributed by atoms with Crippen molar-refractivity contribution in [3.05, 3.63) is 70.9 Å². The Bertz CT molecular complexity index is 932. The first kappa shape index (κ1) is 17.1. The van der Waals surface area contributed by atoms with E-state index in [1.54, 1.807) is 19.1 Å². The molecular weight excluding hydrogens is 342 g/mol. The first-order valence-corrected chi connectivity index (χ1v) is 8.79. The average Bonchev–Trinajstić information content (AvgIpc) is 3.03. The highest BCUT2D eigenvalue weighted by atomic mass is 16.5. The Morgan fingerprint density at radius 1 is 1.04 bits per heavy atom. The zero-order chi connectivity index (χ0) is 19.1. The lowest BCUT2D eigenvalue weighted by atomic mass is 9.95. The van der Waals surface area contributed by atoms with Gasteiger partial charge in [-0.25, -0.2) is 4.79 Å². The predicted molar refractivity (Wildman–Crippen MR) is 103 cm³/mol. The SMILES string of the molecule is COc1ccc([C@H]2NC(=O)N(C)C3=C2C(=O)N(c2ccc(C)cc2)C3)cc1. The summed E-state index contributed by atoms with van der Waals surface area (Å²) in [6, 6.07) is 14.6. The molecule has 0 saturated carbocycles. The Morgan fingerprint density at radius 2 is 1.70 bits per heavy atom. The third-order valence-corrected chi connectivity index (χ3v) is 5.16. The van der Waals surface area contributed by atoms with Gasteiger partial charge in [0, 0.05) is 12.7 Å². The Hall–Kier alpha value is -3.28. The second-order valence-corrected chi connectivity index (χ2v) is 6.80. The largest absolute Gasteiger partial charge is 0.497 e. The van der Waals surface area contributed by atoms with E-state index in [0.29, 0.717) is 12.1 Å². The van der Waals surface area contributed by atoms with Crippen molar-refractivity contribution in [2.24, 2.45) is 0 Å². The number of hydrogen-bond donors (Lipinski definition) is 1. The molecule has 0 fully saturated rings. The molecule has 2 aromatic carbocycles. The van der Waals surface area contributed by atoms with Crippen LogP contribution < -0.4 is 15.0 Å². The van der Waals surface area contributed by atoms with E-state index >= 15 is 0 Å². The summed E-state index contributed by atoms with van der Waals surface area (Å²) < 4.78 is 5.20. The summed E-state index contributed by atoms with van der Waals surface area (Å²) in [6.45, 7) is 2.39. The third kappa shape index (κ3) is 2.83. The highest BCUT2D eigenvalue weighted by Gasteiger charge is 2.43. The number of carbonyl (C=O) groups excluding carboxylic acids is 2. The van der Waals surface area contributed by atoms with Crippen molar-refractivity contribution in [1.82, 2.24) is 10.2 Å². The molecule has 1 N–H and O–H groups in total. The number of nitrogens with one attached hydrogen (secondary N) is 1. The van der Waals surface area contributed by atoms with Crippen LogP contribution in [-0.4, -0.2) is 37.5 Å². The zero-order valence-corrected chi connectivity index (χ0v) is 15.5. The molecular formula is C21H21N3O3. The number of urea groups is 1. The Labute approximate surface area is 158 Å². The van der Waals surface area contributed by atoms with E-state index in [0.717, 1.165) is 28.3 Å². The summed E-state index contributed by atoms with van der Waals surface area (Å²) in [5.41, 5.74) is 4.17. The van der Waals surface area contributed by atoms with E-state index in [1.807, 2.05) is 55.5 Å². The van der Waals surface area contributed by atoms with Gasteiger partial charge in [-0.1, -0.05) is 29.8 Å². The Balaban J connectivity index is 1.73. The molecule has 0 aromatic heterocycles. The second kappa shape index (κ2) is 6.46. The third-order valence-electron chi connectivity index (χ3n) is 5.16. The first-order valence-electron chi connectivity index (χ1n) is 8.79. The molecule has 2 aliphatic heterocycles. The summed E-state index contributed by atoms with van der Waals surface area (Å²) in [5.74, 6) is 0.646. The molecule has 0 radical (unpaired) electrons. The van der Waals surface area contributed by atoms with Crippen LogP contribution in [0.5, 0.6) is 5.75 Å². The van der Waals surface area contributed by atoms with Gasteiger partial charge in [-0.05, 0) is 36.8 Å². The number of benzene rings is 2. The maximum Gasteiger partial charge on any atom is 0.322 e. The fraction of sp³-hybridized carbons (Fsp3) is 0.238. The monoisotopic (exact) mass is 363 g/mol. The molecule has 138 valence electrons. The number of carbonyl (C=O) groups is 2. The van der Waals surface area contributed by atoms with Crippen LogP contribution in [0.4, 0.5) is 10.5 Å². The van der Waals surface area contributed by atoms with E-state index in [1.165, 1.54) is 4.90 Å². The molecule has 4 rings (SSSR count).